The lowest BCUT2D eigenvalue weighted by Crippen LogP contribution is -2.36. The van der Waals surface area contributed by atoms with Crippen molar-refractivity contribution in [2.24, 2.45) is 0 Å². The summed E-state index contributed by atoms with van der Waals surface area (Å²) in [5.41, 5.74) is 0.745. The number of rotatable bonds is 6. The van der Waals surface area contributed by atoms with Crippen molar-refractivity contribution < 1.29 is 49.6 Å². The first-order valence-electron chi connectivity index (χ1n) is 10.5. The van der Waals surface area contributed by atoms with Gasteiger partial charge in [0.2, 0.25) is 5.78 Å². The van der Waals surface area contributed by atoms with E-state index in [-0.39, 0.29) is 45.6 Å². The Morgan fingerprint density at radius 2 is 1.69 bits per heavy atom. The fourth-order valence-electron chi connectivity index (χ4n) is 4.26. The van der Waals surface area contributed by atoms with E-state index in [2.05, 4.69) is 0 Å². The number of carbonyl (C=O) groups excluding carboxylic acids is 1. The van der Waals surface area contributed by atoms with E-state index in [9.17, 15) is 35.4 Å². The molecule has 1 unspecified atom stereocenters. The lowest BCUT2D eigenvalue weighted by molar-refractivity contribution is 0.0209. The highest BCUT2D eigenvalue weighted by atomic mass is 16.5. The molecule has 3 aromatic rings. The summed E-state index contributed by atoms with van der Waals surface area (Å²) in [5, 5.41) is 61.4. The number of Topliss-reactive ketones (excluding diaryl/α,β-unsaturated/α-hetero) is 1. The lowest BCUT2D eigenvalue weighted by atomic mass is 9.86. The van der Waals surface area contributed by atoms with Gasteiger partial charge in [-0.3, -0.25) is 4.79 Å². The standard InChI is InChI=1S/C25H24O10/c1-33-19-7-11(3-4-16(19)28)15(10-26)14-5-12(6-18(30)25(14)34-2)24-23(32)22(31)21-17(29)8-13(27)9-20(21)35-24/h3-9,15,23-24,26-30,32H,10H2,1-2H3/t15-,23?,24+/m0/s1. The summed E-state index contributed by atoms with van der Waals surface area (Å²) in [7, 11) is 2.72. The molecule has 10 nitrogen and oxygen atoms in total. The first-order chi connectivity index (χ1) is 16.7. The van der Waals surface area contributed by atoms with Gasteiger partial charge in [0, 0.05) is 23.6 Å². The molecule has 35 heavy (non-hydrogen) atoms. The number of aromatic hydroxyl groups is 4. The van der Waals surface area contributed by atoms with E-state index in [1.54, 1.807) is 6.07 Å². The molecule has 6 N–H and O–H groups in total. The summed E-state index contributed by atoms with van der Waals surface area (Å²) in [4.78, 5) is 12.8. The molecular formula is C25H24O10. The lowest BCUT2D eigenvalue weighted by Gasteiger charge is -2.31. The Morgan fingerprint density at radius 3 is 2.34 bits per heavy atom. The third kappa shape index (κ3) is 4.13. The topological polar surface area (TPSA) is 166 Å². The molecule has 0 aromatic heterocycles. The van der Waals surface area contributed by atoms with Crippen LogP contribution in [0, 0.1) is 0 Å². The molecule has 0 bridgehead atoms. The fourth-order valence-corrected chi connectivity index (χ4v) is 4.26. The maximum absolute atomic E-state index is 12.8. The van der Waals surface area contributed by atoms with E-state index in [4.69, 9.17) is 14.2 Å². The van der Waals surface area contributed by atoms with Crippen LogP contribution in [0.5, 0.6) is 40.2 Å². The maximum atomic E-state index is 12.8. The molecule has 10 heteroatoms. The zero-order valence-corrected chi connectivity index (χ0v) is 18.8. The van der Waals surface area contributed by atoms with Crippen molar-refractivity contribution in [2.75, 3.05) is 20.8 Å². The Morgan fingerprint density at radius 1 is 0.943 bits per heavy atom. The van der Waals surface area contributed by atoms with Crippen LogP contribution in [-0.4, -0.2) is 63.4 Å². The third-order valence-corrected chi connectivity index (χ3v) is 5.94. The number of carbonyl (C=O) groups is 1. The van der Waals surface area contributed by atoms with Crippen LogP contribution in [0.2, 0.25) is 0 Å². The zero-order valence-electron chi connectivity index (χ0n) is 18.8. The van der Waals surface area contributed by atoms with Crippen LogP contribution in [0.4, 0.5) is 0 Å². The Labute approximate surface area is 199 Å². The van der Waals surface area contributed by atoms with E-state index in [0.29, 0.717) is 11.1 Å². The van der Waals surface area contributed by atoms with E-state index in [1.165, 1.54) is 38.5 Å². The number of phenols is 4. The van der Waals surface area contributed by atoms with Gasteiger partial charge in [-0.05, 0) is 35.4 Å². The summed E-state index contributed by atoms with van der Waals surface area (Å²) in [5.74, 6) is -2.82. The van der Waals surface area contributed by atoms with Gasteiger partial charge in [0.15, 0.2) is 35.2 Å². The van der Waals surface area contributed by atoms with Crippen LogP contribution >= 0.6 is 0 Å². The van der Waals surface area contributed by atoms with Gasteiger partial charge in [0.1, 0.15) is 22.8 Å². The van der Waals surface area contributed by atoms with Crippen LogP contribution in [0.1, 0.15) is 39.1 Å². The van der Waals surface area contributed by atoms with Crippen molar-refractivity contribution in [3.8, 4) is 40.2 Å². The minimum Gasteiger partial charge on any atom is -0.508 e. The van der Waals surface area contributed by atoms with Crippen LogP contribution in [0.25, 0.3) is 0 Å². The zero-order chi connectivity index (χ0) is 25.4. The smallest absolute Gasteiger partial charge is 0.202 e. The summed E-state index contributed by atoms with van der Waals surface area (Å²) in [6.45, 7) is -0.426. The van der Waals surface area contributed by atoms with E-state index >= 15 is 0 Å². The highest BCUT2D eigenvalue weighted by Crippen LogP contribution is 2.46. The molecule has 0 radical (unpaired) electrons. The van der Waals surface area contributed by atoms with Gasteiger partial charge in [-0.15, -0.1) is 0 Å². The summed E-state index contributed by atoms with van der Waals surface area (Å²) >= 11 is 0. The summed E-state index contributed by atoms with van der Waals surface area (Å²) < 4.78 is 16.3. The van der Waals surface area contributed by atoms with Crippen LogP contribution in [-0.2, 0) is 0 Å². The number of ether oxygens (including phenoxy) is 3. The highest BCUT2D eigenvalue weighted by Gasteiger charge is 2.40. The van der Waals surface area contributed by atoms with Crippen LogP contribution < -0.4 is 14.2 Å². The van der Waals surface area contributed by atoms with Crippen molar-refractivity contribution in [1.82, 2.24) is 0 Å². The Balaban J connectivity index is 1.84. The van der Waals surface area contributed by atoms with E-state index in [1.807, 2.05) is 0 Å². The summed E-state index contributed by atoms with van der Waals surface area (Å²) in [6.07, 6.45) is -3.04. The molecule has 0 saturated heterocycles. The summed E-state index contributed by atoms with van der Waals surface area (Å²) in [6, 6.07) is 9.35. The Kier molecular flexibility index (Phi) is 6.33. The van der Waals surface area contributed by atoms with Crippen LogP contribution in [0.15, 0.2) is 42.5 Å². The second-order valence-corrected chi connectivity index (χ2v) is 8.01. The number of phenolic OH excluding ortho intramolecular Hbond substituents is 4. The normalized spacial score (nSPS) is 17.9. The molecular weight excluding hydrogens is 460 g/mol. The van der Waals surface area contributed by atoms with Gasteiger partial charge < -0.3 is 44.8 Å². The van der Waals surface area contributed by atoms with Crippen molar-refractivity contribution in [1.29, 1.82) is 0 Å². The third-order valence-electron chi connectivity index (χ3n) is 5.94. The first kappa shape index (κ1) is 24.0. The Hall–Kier alpha value is -4.15. The number of benzene rings is 3. The average Bonchev–Trinajstić information content (AvgIpc) is 2.82. The molecule has 0 saturated carbocycles. The predicted molar refractivity (Wildman–Crippen MR) is 122 cm³/mol. The second kappa shape index (κ2) is 9.24. The quantitative estimate of drug-likeness (QED) is 0.306. The van der Waals surface area contributed by atoms with Gasteiger partial charge in [-0.2, -0.15) is 0 Å². The molecule has 3 aromatic carbocycles. The molecule has 0 amide bonds. The number of fused-ring (bicyclic) bond motifs is 1. The number of ketones is 1. The van der Waals surface area contributed by atoms with Crippen LogP contribution in [0.3, 0.4) is 0 Å². The minimum absolute atomic E-state index is 0.0483. The molecule has 0 spiro atoms. The number of aliphatic hydroxyl groups is 2. The SMILES string of the molecule is COc1cc([C@H](CO)c2cc([C@H]3Oc4cc(O)cc(O)c4C(=O)C3O)cc(O)c2OC)ccc1O. The van der Waals surface area contributed by atoms with Gasteiger partial charge in [-0.25, -0.2) is 0 Å². The number of aliphatic hydroxyl groups excluding tert-OH is 2. The maximum Gasteiger partial charge on any atom is 0.202 e. The van der Waals surface area contributed by atoms with Gasteiger partial charge in [0.25, 0.3) is 0 Å². The van der Waals surface area contributed by atoms with Crippen molar-refractivity contribution >= 4 is 5.78 Å². The minimum atomic E-state index is -1.74. The second-order valence-electron chi connectivity index (χ2n) is 8.01. The number of hydrogen-bond donors (Lipinski definition) is 6. The Bertz CT molecular complexity index is 1290. The highest BCUT2D eigenvalue weighted by molar-refractivity contribution is 6.05. The molecule has 1 heterocycles. The molecule has 1 aliphatic heterocycles. The van der Waals surface area contributed by atoms with E-state index < -0.39 is 36.3 Å². The molecule has 1 aliphatic rings. The van der Waals surface area contributed by atoms with Gasteiger partial charge >= 0.3 is 0 Å². The predicted octanol–water partition coefficient (Wildman–Crippen LogP) is 2.33. The monoisotopic (exact) mass is 484 g/mol. The van der Waals surface area contributed by atoms with Gasteiger partial charge in [-0.1, -0.05) is 6.07 Å². The van der Waals surface area contributed by atoms with E-state index in [0.717, 1.165) is 12.1 Å². The van der Waals surface area contributed by atoms with Crippen molar-refractivity contribution in [2.45, 2.75) is 18.1 Å². The largest absolute Gasteiger partial charge is 0.508 e. The molecule has 184 valence electrons. The molecule has 0 aliphatic carbocycles. The molecule has 0 fully saturated rings. The molecule has 3 atom stereocenters. The first-order valence-corrected chi connectivity index (χ1v) is 10.5. The van der Waals surface area contributed by atoms with Gasteiger partial charge in [0.05, 0.1) is 20.8 Å². The van der Waals surface area contributed by atoms with Crippen molar-refractivity contribution in [3.63, 3.8) is 0 Å². The average molecular weight is 484 g/mol. The molecule has 4 rings (SSSR count). The van der Waals surface area contributed by atoms with Crippen molar-refractivity contribution in [3.05, 3.63) is 64.7 Å². The number of hydrogen-bond acceptors (Lipinski definition) is 10. The fraction of sp³-hybridized carbons (Fsp3) is 0.240. The number of methoxy groups -OCH3 is 2.